The van der Waals surface area contributed by atoms with Crippen LogP contribution < -0.4 is 10.5 Å². The Labute approximate surface area is 135 Å². The second-order valence-electron chi connectivity index (χ2n) is 4.12. The van der Waals surface area contributed by atoms with E-state index in [0.717, 1.165) is 0 Å². The lowest BCUT2D eigenvalue weighted by molar-refractivity contribution is 0.142. The van der Waals surface area contributed by atoms with Gasteiger partial charge in [-0.3, -0.25) is 0 Å². The summed E-state index contributed by atoms with van der Waals surface area (Å²) in [6.45, 7) is 1.75. The van der Waals surface area contributed by atoms with E-state index in [1.165, 1.54) is 6.07 Å². The topological polar surface area (TPSA) is 85.4 Å². The second kappa shape index (κ2) is 5.97. The molecule has 0 aliphatic carbocycles. The molecular formula is C13H9Cl3N2O3. The van der Waals surface area contributed by atoms with Crippen LogP contribution in [0.5, 0.6) is 5.88 Å². The van der Waals surface area contributed by atoms with Gasteiger partial charge < -0.3 is 15.6 Å². The van der Waals surface area contributed by atoms with Gasteiger partial charge in [-0.05, 0) is 30.7 Å². The first kappa shape index (κ1) is 15.7. The van der Waals surface area contributed by atoms with Crippen molar-refractivity contribution in [2.24, 2.45) is 0 Å². The van der Waals surface area contributed by atoms with Gasteiger partial charge in [-0.15, -0.1) is 0 Å². The number of nitrogens with two attached hydrogens (primary N) is 1. The number of nitrogen functional groups attached to an aromatic ring is 1. The number of aromatic nitrogens is 1. The number of rotatable bonds is 2. The third-order valence-electron chi connectivity index (χ3n) is 2.74. The molecule has 21 heavy (non-hydrogen) atoms. The molecule has 0 amide bonds. The lowest BCUT2D eigenvalue weighted by Crippen LogP contribution is -2.06. The highest BCUT2D eigenvalue weighted by molar-refractivity contribution is 6.38. The van der Waals surface area contributed by atoms with E-state index in [4.69, 9.17) is 45.6 Å². The monoisotopic (exact) mass is 346 g/mol. The van der Waals surface area contributed by atoms with Crippen molar-refractivity contribution in [2.75, 3.05) is 5.73 Å². The highest BCUT2D eigenvalue weighted by Crippen LogP contribution is 2.37. The average Bonchev–Trinajstić information content (AvgIpc) is 2.41. The number of pyridine rings is 1. The first-order valence-corrected chi connectivity index (χ1v) is 6.76. The molecule has 2 aromatic rings. The summed E-state index contributed by atoms with van der Waals surface area (Å²) < 4.78 is 4.51. The predicted molar refractivity (Wildman–Crippen MR) is 82.5 cm³/mol. The number of ether oxygens (including phenoxy) is 1. The van der Waals surface area contributed by atoms with Crippen LogP contribution >= 0.6 is 34.8 Å². The largest absolute Gasteiger partial charge is 0.512 e. The molecule has 8 heteroatoms. The van der Waals surface area contributed by atoms with Crippen LogP contribution in [0.25, 0.3) is 11.3 Å². The zero-order valence-corrected chi connectivity index (χ0v) is 12.9. The van der Waals surface area contributed by atoms with E-state index in [2.05, 4.69) is 9.72 Å². The molecule has 0 aliphatic heterocycles. The molecule has 0 saturated carbocycles. The van der Waals surface area contributed by atoms with Crippen LogP contribution in [0.1, 0.15) is 5.56 Å². The molecule has 0 atom stereocenters. The van der Waals surface area contributed by atoms with Crippen molar-refractivity contribution < 1.29 is 14.6 Å². The number of anilines is 1. The third-order valence-corrected chi connectivity index (χ3v) is 4.01. The lowest BCUT2D eigenvalue weighted by Gasteiger charge is -2.11. The standard InChI is InChI=1S/C13H9Cl3N2O3/c1-5-7(14)3-2-6(10(5)15)9-4-8(17)11(16)12(18-9)21-13(19)20/h2-4H,1H3,(H2,17,18)(H,19,20). The van der Waals surface area contributed by atoms with Gasteiger partial charge in [0, 0.05) is 10.6 Å². The van der Waals surface area contributed by atoms with Crippen molar-refractivity contribution in [3.8, 4) is 17.1 Å². The first-order chi connectivity index (χ1) is 9.81. The summed E-state index contributed by atoms with van der Waals surface area (Å²) in [4.78, 5) is 14.7. The molecular weight excluding hydrogens is 339 g/mol. The van der Waals surface area contributed by atoms with E-state index >= 15 is 0 Å². The Balaban J connectivity index is 2.62. The number of hydrogen-bond donors (Lipinski definition) is 2. The minimum Gasteiger partial charge on any atom is -0.449 e. The van der Waals surface area contributed by atoms with Crippen molar-refractivity contribution in [1.82, 2.24) is 4.98 Å². The van der Waals surface area contributed by atoms with Crippen molar-refractivity contribution in [3.63, 3.8) is 0 Å². The van der Waals surface area contributed by atoms with Crippen LogP contribution in [0.2, 0.25) is 15.1 Å². The molecule has 3 N–H and O–H groups in total. The third kappa shape index (κ3) is 3.15. The maximum absolute atomic E-state index is 10.6. The second-order valence-corrected chi connectivity index (χ2v) is 5.28. The minimum atomic E-state index is -1.54. The summed E-state index contributed by atoms with van der Waals surface area (Å²) in [6.07, 6.45) is -1.54. The van der Waals surface area contributed by atoms with Crippen LogP contribution in [-0.4, -0.2) is 16.2 Å². The quantitative estimate of drug-likeness (QED) is 0.772. The van der Waals surface area contributed by atoms with Crippen molar-refractivity contribution in [2.45, 2.75) is 6.92 Å². The number of hydrogen-bond acceptors (Lipinski definition) is 4. The molecule has 0 unspecified atom stereocenters. The van der Waals surface area contributed by atoms with E-state index in [1.54, 1.807) is 19.1 Å². The molecule has 110 valence electrons. The summed E-state index contributed by atoms with van der Waals surface area (Å²) in [5.74, 6) is -0.303. The molecule has 0 spiro atoms. The lowest BCUT2D eigenvalue weighted by atomic mass is 10.1. The van der Waals surface area contributed by atoms with E-state index < -0.39 is 6.16 Å². The minimum absolute atomic E-state index is 0.0806. The van der Waals surface area contributed by atoms with E-state index in [-0.39, 0.29) is 16.6 Å². The molecule has 5 nitrogen and oxygen atoms in total. The number of halogens is 3. The van der Waals surface area contributed by atoms with Crippen LogP contribution in [-0.2, 0) is 0 Å². The number of nitrogens with zero attached hydrogens (tertiary/aromatic N) is 1. The number of benzene rings is 1. The number of carboxylic acid groups (broad SMARTS) is 1. The molecule has 1 aromatic carbocycles. The Morgan fingerprint density at radius 3 is 2.57 bits per heavy atom. The molecule has 1 heterocycles. The van der Waals surface area contributed by atoms with Crippen molar-refractivity contribution in [3.05, 3.63) is 38.8 Å². The average molecular weight is 348 g/mol. The Morgan fingerprint density at radius 1 is 1.29 bits per heavy atom. The van der Waals surface area contributed by atoms with E-state index in [1.807, 2.05) is 0 Å². The summed E-state index contributed by atoms with van der Waals surface area (Å²) in [5.41, 5.74) is 7.41. The molecule has 0 radical (unpaired) electrons. The summed E-state index contributed by atoms with van der Waals surface area (Å²) in [6, 6.07) is 4.78. The van der Waals surface area contributed by atoms with Gasteiger partial charge in [0.2, 0.25) is 5.88 Å². The molecule has 0 fully saturated rings. The fourth-order valence-corrected chi connectivity index (χ4v) is 2.28. The first-order valence-electron chi connectivity index (χ1n) is 5.63. The van der Waals surface area contributed by atoms with E-state index in [0.29, 0.717) is 26.9 Å². The van der Waals surface area contributed by atoms with Gasteiger partial charge in [0.25, 0.3) is 0 Å². The zero-order valence-electron chi connectivity index (χ0n) is 10.7. The Hall–Kier alpha value is -1.69. The van der Waals surface area contributed by atoms with Crippen LogP contribution in [0, 0.1) is 6.92 Å². The van der Waals surface area contributed by atoms with Crippen LogP contribution in [0.15, 0.2) is 18.2 Å². The van der Waals surface area contributed by atoms with Gasteiger partial charge in [0.05, 0.1) is 16.4 Å². The fourth-order valence-electron chi connectivity index (χ4n) is 1.67. The smallest absolute Gasteiger partial charge is 0.449 e. The molecule has 1 aromatic heterocycles. The van der Waals surface area contributed by atoms with Gasteiger partial charge >= 0.3 is 6.16 Å². The molecule has 0 aliphatic rings. The van der Waals surface area contributed by atoms with Crippen molar-refractivity contribution in [1.29, 1.82) is 0 Å². The van der Waals surface area contributed by atoms with E-state index in [9.17, 15) is 4.79 Å². The summed E-state index contributed by atoms with van der Waals surface area (Å²) in [5, 5.41) is 9.49. The molecule has 0 bridgehead atoms. The van der Waals surface area contributed by atoms with Gasteiger partial charge in [-0.25, -0.2) is 9.78 Å². The highest BCUT2D eigenvalue weighted by Gasteiger charge is 2.17. The molecule has 2 rings (SSSR count). The fraction of sp³-hybridized carbons (Fsp3) is 0.0769. The number of carbonyl (C=O) groups is 1. The van der Waals surface area contributed by atoms with Gasteiger partial charge in [-0.1, -0.05) is 34.8 Å². The van der Waals surface area contributed by atoms with Crippen LogP contribution in [0.4, 0.5) is 10.5 Å². The summed E-state index contributed by atoms with van der Waals surface area (Å²) in [7, 11) is 0. The van der Waals surface area contributed by atoms with Gasteiger partial charge in [0.15, 0.2) is 0 Å². The van der Waals surface area contributed by atoms with Crippen molar-refractivity contribution >= 4 is 46.6 Å². The van der Waals surface area contributed by atoms with Crippen LogP contribution in [0.3, 0.4) is 0 Å². The van der Waals surface area contributed by atoms with Gasteiger partial charge in [-0.2, -0.15) is 0 Å². The Bertz CT molecular complexity index is 735. The normalized spacial score (nSPS) is 10.5. The summed E-state index contributed by atoms with van der Waals surface area (Å²) >= 11 is 18.1. The Kier molecular flexibility index (Phi) is 4.46. The predicted octanol–water partition coefficient (Wildman–Crippen LogP) is 4.66. The highest BCUT2D eigenvalue weighted by atomic mass is 35.5. The zero-order chi connectivity index (χ0) is 15.7. The SMILES string of the molecule is Cc1c(Cl)ccc(-c2cc(N)c(Cl)c(OC(=O)O)n2)c1Cl. The maximum atomic E-state index is 10.6. The van der Waals surface area contributed by atoms with Gasteiger partial charge in [0.1, 0.15) is 5.02 Å². The molecule has 0 saturated heterocycles. The maximum Gasteiger partial charge on any atom is 0.512 e. The Morgan fingerprint density at radius 2 is 1.95 bits per heavy atom.